The molecule has 1 saturated heterocycles. The van der Waals surface area contributed by atoms with Crippen LogP contribution in [-0.2, 0) is 6.54 Å². The van der Waals surface area contributed by atoms with Crippen molar-refractivity contribution in [2.24, 2.45) is 11.8 Å². The summed E-state index contributed by atoms with van der Waals surface area (Å²) in [4.78, 5) is 13.9. The Morgan fingerprint density at radius 1 is 1.29 bits per heavy atom. The highest BCUT2D eigenvalue weighted by Crippen LogP contribution is 2.35. The molecule has 21 heavy (non-hydrogen) atoms. The highest BCUT2D eigenvalue weighted by molar-refractivity contribution is 5.91. The fourth-order valence-electron chi connectivity index (χ4n) is 3.82. The summed E-state index contributed by atoms with van der Waals surface area (Å²) in [6.07, 6.45) is 9.88. The molecule has 0 bridgehead atoms. The van der Waals surface area contributed by atoms with E-state index in [0.717, 1.165) is 25.0 Å². The van der Waals surface area contributed by atoms with Gasteiger partial charge in [0.05, 0.1) is 12.7 Å². The van der Waals surface area contributed by atoms with Crippen LogP contribution in [0.5, 0.6) is 0 Å². The van der Waals surface area contributed by atoms with Gasteiger partial charge < -0.3 is 0 Å². The lowest BCUT2D eigenvalue weighted by atomic mass is 9.96. The lowest BCUT2D eigenvalue weighted by Crippen LogP contribution is -2.36. The van der Waals surface area contributed by atoms with E-state index in [0.29, 0.717) is 0 Å². The number of hydrazine groups is 1. The molecule has 1 atom stereocenters. The molecule has 7 heteroatoms. The first kappa shape index (κ1) is 14.5. The Balaban J connectivity index is 1.54. The second-order valence-electron chi connectivity index (χ2n) is 6.13. The summed E-state index contributed by atoms with van der Waals surface area (Å²) < 4.78 is 1.73. The van der Waals surface area contributed by atoms with Gasteiger partial charge in [0.25, 0.3) is 5.91 Å². The summed E-state index contributed by atoms with van der Waals surface area (Å²) in [6, 6.07) is 0.753. The van der Waals surface area contributed by atoms with Gasteiger partial charge in [0.1, 0.15) is 0 Å². The van der Waals surface area contributed by atoms with E-state index in [1.54, 1.807) is 10.9 Å². The number of rotatable bonds is 5. The first-order valence-corrected chi connectivity index (χ1v) is 7.93. The maximum absolute atomic E-state index is 11.4. The lowest BCUT2D eigenvalue weighted by Gasteiger charge is -2.29. The van der Waals surface area contributed by atoms with Gasteiger partial charge >= 0.3 is 0 Å². The molecule has 0 aromatic carbocycles. The van der Waals surface area contributed by atoms with Gasteiger partial charge in [0.2, 0.25) is 0 Å². The quantitative estimate of drug-likeness (QED) is 0.469. The molecule has 3 N–H and O–H groups in total. The van der Waals surface area contributed by atoms with Crippen molar-refractivity contribution in [1.82, 2.24) is 25.3 Å². The smallest absolute Gasteiger partial charge is 0.287 e. The predicted octanol–water partition coefficient (Wildman–Crippen LogP) is 0.536. The summed E-state index contributed by atoms with van der Waals surface area (Å²) in [7, 11) is 0. The molecule has 2 heterocycles. The Hall–Kier alpha value is -1.47. The summed E-state index contributed by atoms with van der Waals surface area (Å²) in [5.41, 5.74) is 2.34. The minimum absolute atomic E-state index is 0.270. The number of aromatic nitrogens is 3. The fraction of sp³-hybridized carbons (Fsp3) is 0.786. The van der Waals surface area contributed by atoms with Crippen molar-refractivity contribution in [3.63, 3.8) is 0 Å². The van der Waals surface area contributed by atoms with Gasteiger partial charge in [0, 0.05) is 12.6 Å². The van der Waals surface area contributed by atoms with Gasteiger partial charge in [-0.15, -0.1) is 5.10 Å². The Labute approximate surface area is 124 Å². The first-order chi connectivity index (χ1) is 10.3. The van der Waals surface area contributed by atoms with Crippen LogP contribution in [0.2, 0.25) is 0 Å². The average molecular weight is 292 g/mol. The number of amides is 1. The van der Waals surface area contributed by atoms with Crippen molar-refractivity contribution in [1.29, 1.82) is 0 Å². The van der Waals surface area contributed by atoms with Crippen molar-refractivity contribution in [2.45, 2.75) is 51.1 Å². The summed E-state index contributed by atoms with van der Waals surface area (Å²) in [5, 5.41) is 7.82. The van der Waals surface area contributed by atoms with Crippen LogP contribution in [0, 0.1) is 5.92 Å². The molecule has 2 aliphatic rings. The number of carbonyl (C=O) groups is 1. The minimum atomic E-state index is -0.397. The topological polar surface area (TPSA) is 89.1 Å². The highest BCUT2D eigenvalue weighted by Gasteiger charge is 2.32. The third-order valence-corrected chi connectivity index (χ3v) is 4.88. The van der Waals surface area contributed by atoms with E-state index in [1.807, 2.05) is 0 Å². The van der Waals surface area contributed by atoms with Gasteiger partial charge in [0.15, 0.2) is 5.69 Å². The van der Waals surface area contributed by atoms with Crippen molar-refractivity contribution in [3.8, 4) is 0 Å². The van der Waals surface area contributed by atoms with Crippen LogP contribution in [0.4, 0.5) is 0 Å². The molecule has 1 aliphatic carbocycles. The molecule has 0 spiro atoms. The highest BCUT2D eigenvalue weighted by atomic mass is 16.2. The van der Waals surface area contributed by atoms with Crippen LogP contribution in [0.3, 0.4) is 0 Å². The van der Waals surface area contributed by atoms with Crippen LogP contribution in [-0.4, -0.2) is 44.9 Å². The maximum atomic E-state index is 11.4. The van der Waals surface area contributed by atoms with Gasteiger partial charge in [-0.2, -0.15) is 0 Å². The number of nitrogen functional groups attached to an aromatic ring is 1. The predicted molar refractivity (Wildman–Crippen MR) is 78.2 cm³/mol. The molecule has 7 nitrogen and oxygen atoms in total. The molecule has 3 rings (SSSR count). The van der Waals surface area contributed by atoms with E-state index in [9.17, 15) is 4.79 Å². The van der Waals surface area contributed by atoms with Crippen LogP contribution < -0.4 is 11.3 Å². The lowest BCUT2D eigenvalue weighted by molar-refractivity contribution is 0.0948. The van der Waals surface area contributed by atoms with E-state index in [4.69, 9.17) is 5.84 Å². The third-order valence-electron chi connectivity index (χ3n) is 4.88. The molecular formula is C14H24N6O. The molecule has 1 aliphatic heterocycles. The molecule has 116 valence electrons. The molecule has 1 aromatic heterocycles. The Morgan fingerprint density at radius 2 is 2.10 bits per heavy atom. The van der Waals surface area contributed by atoms with Gasteiger partial charge in [-0.05, 0) is 38.1 Å². The van der Waals surface area contributed by atoms with E-state index < -0.39 is 5.91 Å². The second kappa shape index (κ2) is 6.53. The standard InChI is InChI=1S/C14H24N6O/c15-16-14(21)12-10-20(18-17-12)9-8-19-7-3-6-13(19)11-4-1-2-5-11/h10-11,13H,1-9,15H2,(H,16,21). The largest absolute Gasteiger partial charge is 0.298 e. The number of likely N-dealkylation sites (tertiary alicyclic amines) is 1. The molecule has 1 unspecified atom stereocenters. The Bertz CT molecular complexity index is 482. The number of hydrogen-bond donors (Lipinski definition) is 2. The Kier molecular flexibility index (Phi) is 4.50. The molecule has 1 saturated carbocycles. The molecule has 2 fully saturated rings. The number of hydrogen-bond acceptors (Lipinski definition) is 5. The minimum Gasteiger partial charge on any atom is -0.298 e. The monoisotopic (exact) mass is 292 g/mol. The van der Waals surface area contributed by atoms with E-state index >= 15 is 0 Å². The summed E-state index contributed by atoms with van der Waals surface area (Å²) >= 11 is 0. The van der Waals surface area contributed by atoms with Crippen LogP contribution >= 0.6 is 0 Å². The van der Waals surface area contributed by atoms with E-state index in [2.05, 4.69) is 20.6 Å². The van der Waals surface area contributed by atoms with Crippen molar-refractivity contribution in [2.75, 3.05) is 13.1 Å². The normalized spacial score (nSPS) is 23.8. The molecule has 1 amide bonds. The van der Waals surface area contributed by atoms with Crippen LogP contribution in [0.25, 0.3) is 0 Å². The first-order valence-electron chi connectivity index (χ1n) is 7.93. The van der Waals surface area contributed by atoms with Gasteiger partial charge in [-0.1, -0.05) is 18.1 Å². The number of carbonyl (C=O) groups excluding carboxylic acids is 1. The summed E-state index contributed by atoms with van der Waals surface area (Å²) in [6.45, 7) is 2.94. The fourth-order valence-corrected chi connectivity index (χ4v) is 3.82. The van der Waals surface area contributed by atoms with Crippen molar-refractivity contribution in [3.05, 3.63) is 11.9 Å². The molecular weight excluding hydrogens is 268 g/mol. The van der Waals surface area contributed by atoms with Crippen LogP contribution in [0.15, 0.2) is 6.20 Å². The van der Waals surface area contributed by atoms with Gasteiger partial charge in [-0.25, -0.2) is 5.84 Å². The number of nitrogens with two attached hydrogens (primary N) is 1. The summed E-state index contributed by atoms with van der Waals surface area (Å²) in [5.74, 6) is 5.58. The maximum Gasteiger partial charge on any atom is 0.287 e. The second-order valence-corrected chi connectivity index (χ2v) is 6.13. The van der Waals surface area contributed by atoms with Crippen molar-refractivity contribution < 1.29 is 4.79 Å². The van der Waals surface area contributed by atoms with Gasteiger partial charge in [-0.3, -0.25) is 19.8 Å². The molecule has 1 aromatic rings. The number of nitrogens with one attached hydrogen (secondary N) is 1. The van der Waals surface area contributed by atoms with E-state index in [1.165, 1.54) is 45.1 Å². The third kappa shape index (κ3) is 3.24. The zero-order valence-corrected chi connectivity index (χ0v) is 12.4. The zero-order chi connectivity index (χ0) is 14.7. The molecule has 0 radical (unpaired) electrons. The van der Waals surface area contributed by atoms with Crippen molar-refractivity contribution >= 4 is 5.91 Å². The zero-order valence-electron chi connectivity index (χ0n) is 12.4. The average Bonchev–Trinajstić information content (AvgIpc) is 3.22. The number of nitrogens with zero attached hydrogens (tertiary/aromatic N) is 4. The van der Waals surface area contributed by atoms with E-state index in [-0.39, 0.29) is 5.69 Å². The SMILES string of the molecule is NNC(=O)c1cn(CCN2CCCC2C2CCCC2)nn1. The van der Waals surface area contributed by atoms with Crippen LogP contribution in [0.1, 0.15) is 49.0 Å². The Morgan fingerprint density at radius 3 is 2.86 bits per heavy atom.